The number of carbonyl (C=O) groups excluding carboxylic acids is 2. The van der Waals surface area contributed by atoms with E-state index in [0.29, 0.717) is 24.2 Å². The first-order chi connectivity index (χ1) is 21.1. The molecule has 8 nitrogen and oxygen atoms in total. The summed E-state index contributed by atoms with van der Waals surface area (Å²) < 4.78 is 24.8. The molecule has 0 radical (unpaired) electrons. The molecule has 4 fully saturated rings. The monoisotopic (exact) mass is 618 g/mol. The van der Waals surface area contributed by atoms with Gasteiger partial charge in [-0.05, 0) is 93.4 Å². The fourth-order valence-corrected chi connectivity index (χ4v) is 7.50. The van der Waals surface area contributed by atoms with E-state index in [-0.39, 0.29) is 47.6 Å². The second-order valence-electron chi connectivity index (χ2n) is 15.4. The van der Waals surface area contributed by atoms with E-state index >= 15 is 0 Å². The van der Waals surface area contributed by atoms with Crippen LogP contribution in [0.2, 0.25) is 0 Å². The lowest BCUT2D eigenvalue weighted by Gasteiger charge is -2.64. The molecule has 6 atom stereocenters. The molecule has 9 heteroatoms. The summed E-state index contributed by atoms with van der Waals surface area (Å²) in [5.41, 5.74) is 1.27. The normalized spacial score (nSPS) is 26.3. The van der Waals surface area contributed by atoms with E-state index < -0.39 is 19.3 Å². The number of amides is 2. The predicted molar refractivity (Wildman–Crippen MR) is 176 cm³/mol. The Morgan fingerprint density at radius 2 is 1.67 bits per heavy atom. The summed E-state index contributed by atoms with van der Waals surface area (Å²) in [6.45, 7) is 17.2. The van der Waals surface area contributed by atoms with Gasteiger partial charge >= 0.3 is 13.2 Å². The van der Waals surface area contributed by atoms with Crippen LogP contribution >= 0.6 is 0 Å². The van der Waals surface area contributed by atoms with Crippen LogP contribution in [0.3, 0.4) is 0 Å². The van der Waals surface area contributed by atoms with Gasteiger partial charge in [-0.3, -0.25) is 4.79 Å². The van der Waals surface area contributed by atoms with Gasteiger partial charge < -0.3 is 29.4 Å². The van der Waals surface area contributed by atoms with E-state index in [4.69, 9.17) is 18.8 Å². The molecule has 1 aliphatic heterocycles. The minimum atomic E-state index is -0.872. The van der Waals surface area contributed by atoms with E-state index in [0.717, 1.165) is 29.7 Å². The van der Waals surface area contributed by atoms with Crippen LogP contribution in [0, 0.1) is 23.2 Å². The molecule has 2 aromatic rings. The number of alkyl carbamates (subject to hydrolysis) is 1. The van der Waals surface area contributed by atoms with Gasteiger partial charge in [0.1, 0.15) is 24.0 Å². The zero-order valence-corrected chi connectivity index (χ0v) is 28.2. The highest BCUT2D eigenvalue weighted by atomic mass is 16.7. The molecule has 3 aliphatic carbocycles. The third-order valence-corrected chi connectivity index (χ3v) is 9.96. The molecular formula is C36H51BN2O6. The summed E-state index contributed by atoms with van der Waals surface area (Å²) >= 11 is 0. The SMILES string of the molecule is CC(C)C[C@H](NC(=O)[C@H](Cc1ccc(OC(C)(C)C)cc1)NC(=O)OCc1ccccc1)B1O[C@@H]2C[C@@H]3C[C@@H](C3(C)C)[C@]2(C)O1. The van der Waals surface area contributed by atoms with Crippen molar-refractivity contribution < 1.29 is 28.4 Å². The first kappa shape index (κ1) is 33.3. The maximum atomic E-state index is 14.0. The molecule has 2 bridgehead atoms. The number of carbonyl (C=O) groups is 2. The second kappa shape index (κ2) is 13.0. The summed E-state index contributed by atoms with van der Waals surface area (Å²) in [5.74, 6) is 1.42. The van der Waals surface area contributed by atoms with Crippen LogP contribution < -0.4 is 15.4 Å². The summed E-state index contributed by atoms with van der Waals surface area (Å²) in [7, 11) is -0.555. The van der Waals surface area contributed by atoms with Gasteiger partial charge in [0.2, 0.25) is 5.91 Å². The molecule has 244 valence electrons. The Bertz CT molecular complexity index is 1330. The first-order valence-electron chi connectivity index (χ1n) is 16.5. The second-order valence-corrected chi connectivity index (χ2v) is 15.4. The zero-order valence-electron chi connectivity index (χ0n) is 28.2. The van der Waals surface area contributed by atoms with Gasteiger partial charge in [0.25, 0.3) is 0 Å². The number of hydrogen-bond donors (Lipinski definition) is 2. The molecule has 2 N–H and O–H groups in total. The van der Waals surface area contributed by atoms with Crippen molar-refractivity contribution in [3.05, 3.63) is 65.7 Å². The van der Waals surface area contributed by atoms with Crippen LogP contribution in [0.1, 0.15) is 85.8 Å². The minimum Gasteiger partial charge on any atom is -0.488 e. The number of nitrogens with one attached hydrogen (secondary N) is 2. The van der Waals surface area contributed by atoms with Crippen LogP contribution in [0.25, 0.3) is 0 Å². The quantitative estimate of drug-likeness (QED) is 0.279. The molecular weight excluding hydrogens is 567 g/mol. The van der Waals surface area contributed by atoms with E-state index in [1.807, 2.05) is 75.4 Å². The topological polar surface area (TPSA) is 95.1 Å². The Balaban J connectivity index is 1.30. The third kappa shape index (κ3) is 7.68. The first-order valence-corrected chi connectivity index (χ1v) is 16.5. The lowest BCUT2D eigenvalue weighted by atomic mass is 9.43. The highest BCUT2D eigenvalue weighted by molar-refractivity contribution is 6.48. The molecule has 1 saturated heterocycles. The van der Waals surface area contributed by atoms with Crippen LogP contribution in [0.15, 0.2) is 54.6 Å². The minimum absolute atomic E-state index is 0.0153. The van der Waals surface area contributed by atoms with Gasteiger partial charge in [0.05, 0.1) is 17.6 Å². The Morgan fingerprint density at radius 3 is 2.29 bits per heavy atom. The zero-order chi connectivity index (χ0) is 32.6. The summed E-state index contributed by atoms with van der Waals surface area (Å²) in [6.07, 6.45) is 2.46. The number of hydrogen-bond acceptors (Lipinski definition) is 6. The average Bonchev–Trinajstić information content (AvgIpc) is 3.33. The van der Waals surface area contributed by atoms with E-state index in [9.17, 15) is 9.59 Å². The van der Waals surface area contributed by atoms with Crippen molar-refractivity contribution in [2.75, 3.05) is 0 Å². The van der Waals surface area contributed by atoms with Crippen molar-refractivity contribution in [3.63, 3.8) is 0 Å². The van der Waals surface area contributed by atoms with E-state index in [1.165, 1.54) is 0 Å². The van der Waals surface area contributed by atoms with Crippen molar-refractivity contribution in [1.82, 2.24) is 10.6 Å². The molecule has 0 unspecified atom stereocenters. The molecule has 4 aliphatic rings. The Kier molecular flexibility index (Phi) is 9.62. The highest BCUT2D eigenvalue weighted by Crippen LogP contribution is 2.65. The average molecular weight is 619 g/mol. The molecule has 2 aromatic carbocycles. The van der Waals surface area contributed by atoms with Gasteiger partial charge in [-0.2, -0.15) is 0 Å². The lowest BCUT2D eigenvalue weighted by molar-refractivity contribution is -0.199. The molecule has 3 saturated carbocycles. The maximum absolute atomic E-state index is 14.0. The van der Waals surface area contributed by atoms with Gasteiger partial charge in [-0.25, -0.2) is 4.79 Å². The Hall–Kier alpha value is -3.04. The molecule has 45 heavy (non-hydrogen) atoms. The van der Waals surface area contributed by atoms with Crippen LogP contribution in [0.5, 0.6) is 5.75 Å². The van der Waals surface area contributed by atoms with Crippen molar-refractivity contribution in [3.8, 4) is 5.75 Å². The largest absolute Gasteiger partial charge is 0.488 e. The molecule has 1 heterocycles. The van der Waals surface area contributed by atoms with Crippen LogP contribution in [-0.2, 0) is 31.9 Å². The van der Waals surface area contributed by atoms with Crippen molar-refractivity contribution in [2.45, 2.75) is 117 Å². The fraction of sp³-hybridized carbons (Fsp3) is 0.611. The van der Waals surface area contributed by atoms with Gasteiger partial charge in [0.15, 0.2) is 0 Å². The van der Waals surface area contributed by atoms with Gasteiger partial charge in [-0.1, -0.05) is 70.2 Å². The van der Waals surface area contributed by atoms with Crippen LogP contribution in [-0.4, -0.2) is 48.4 Å². The summed E-state index contributed by atoms with van der Waals surface area (Å²) in [4.78, 5) is 27.0. The van der Waals surface area contributed by atoms with E-state index in [1.54, 1.807) is 0 Å². The Morgan fingerprint density at radius 1 is 0.978 bits per heavy atom. The van der Waals surface area contributed by atoms with Crippen molar-refractivity contribution in [2.24, 2.45) is 23.2 Å². The fourth-order valence-electron chi connectivity index (χ4n) is 7.50. The third-order valence-electron chi connectivity index (χ3n) is 9.96. The highest BCUT2D eigenvalue weighted by Gasteiger charge is 2.68. The van der Waals surface area contributed by atoms with E-state index in [2.05, 4.69) is 45.3 Å². The standard InChI is InChI=1S/C36H51BN2O6/c1-23(2)18-31(37-44-30-21-26-20-29(35(26,6)7)36(30,8)45-37)39-32(40)28(38-33(41)42-22-25-12-10-9-11-13-25)19-24-14-16-27(17-15-24)43-34(3,4)5/h9-17,23,26,28-31H,18-22H2,1-8H3,(H,38,41)(H,39,40)/t26-,28-,29-,30+,31-,36-/m0/s1. The Labute approximate surface area is 269 Å². The van der Waals surface area contributed by atoms with Gasteiger partial charge in [-0.15, -0.1) is 0 Å². The molecule has 2 amide bonds. The lowest BCUT2D eigenvalue weighted by Crippen LogP contribution is -2.65. The van der Waals surface area contributed by atoms with Crippen molar-refractivity contribution >= 4 is 19.1 Å². The summed E-state index contributed by atoms with van der Waals surface area (Å²) in [5, 5.41) is 6.06. The molecule has 0 aromatic heterocycles. The van der Waals surface area contributed by atoms with Crippen molar-refractivity contribution in [1.29, 1.82) is 0 Å². The maximum Gasteiger partial charge on any atom is 0.481 e. The molecule has 6 rings (SSSR count). The smallest absolute Gasteiger partial charge is 0.481 e. The predicted octanol–water partition coefficient (Wildman–Crippen LogP) is 6.50. The van der Waals surface area contributed by atoms with Gasteiger partial charge in [0, 0.05) is 6.42 Å². The van der Waals surface area contributed by atoms with Crippen LogP contribution in [0.4, 0.5) is 4.79 Å². The number of benzene rings is 2. The number of rotatable bonds is 11. The molecule has 0 spiro atoms. The number of ether oxygens (including phenoxy) is 2. The summed E-state index contributed by atoms with van der Waals surface area (Å²) in [6, 6.07) is 16.2.